The minimum Gasteiger partial charge on any atom is -0.385 e. The van der Waals surface area contributed by atoms with E-state index in [2.05, 4.69) is 4.98 Å². The fourth-order valence-electron chi connectivity index (χ4n) is 1.08. The Balaban J connectivity index is 2.70. The average molecular weight is 214 g/mol. The summed E-state index contributed by atoms with van der Waals surface area (Å²) in [7, 11) is 0. The second-order valence-corrected chi connectivity index (χ2v) is 3.44. The Morgan fingerprint density at radius 3 is 3.00 bits per heavy atom. The lowest BCUT2D eigenvalue weighted by atomic mass is 10.1. The first-order chi connectivity index (χ1) is 6.65. The molecule has 0 spiro atoms. The predicted molar refractivity (Wildman–Crippen MR) is 54.3 cm³/mol. The Labute approximate surface area is 87.7 Å². The van der Waals surface area contributed by atoms with Crippen molar-refractivity contribution >= 4 is 17.4 Å². The quantitative estimate of drug-likeness (QED) is 0.827. The summed E-state index contributed by atoms with van der Waals surface area (Å²) in [5.41, 5.74) is 0.708. The largest absolute Gasteiger partial charge is 0.385 e. The Bertz CT molecular complexity index is 328. The minimum atomic E-state index is -0.890. The number of ketones is 1. The third-order valence-corrected chi connectivity index (χ3v) is 2.32. The average Bonchev–Trinajstić information content (AvgIpc) is 2.20. The van der Waals surface area contributed by atoms with Crippen LogP contribution in [0.5, 0.6) is 0 Å². The number of pyridine rings is 1. The fourth-order valence-corrected chi connectivity index (χ4v) is 1.27. The number of nitrogens with zero attached hydrogens (tertiary/aromatic N) is 1. The minimum absolute atomic E-state index is 0.163. The molecule has 0 bridgehead atoms. The van der Waals surface area contributed by atoms with E-state index in [1.807, 2.05) is 0 Å². The van der Waals surface area contributed by atoms with Gasteiger partial charge in [0.2, 0.25) is 0 Å². The first-order valence-electron chi connectivity index (χ1n) is 4.44. The second kappa shape index (κ2) is 5.08. The van der Waals surface area contributed by atoms with Gasteiger partial charge in [-0.05, 0) is 18.1 Å². The van der Waals surface area contributed by atoms with Gasteiger partial charge >= 0.3 is 0 Å². The molecule has 1 unspecified atom stereocenters. The highest BCUT2D eigenvalue weighted by Gasteiger charge is 2.14. The van der Waals surface area contributed by atoms with Crippen molar-refractivity contribution in [1.29, 1.82) is 0 Å². The van der Waals surface area contributed by atoms with Crippen LogP contribution in [0.1, 0.15) is 18.9 Å². The molecule has 1 heterocycles. The summed E-state index contributed by atoms with van der Waals surface area (Å²) in [5.74, 6) is -0.208. The molecule has 1 N–H and O–H groups in total. The van der Waals surface area contributed by atoms with Crippen molar-refractivity contribution in [3.05, 3.63) is 29.0 Å². The van der Waals surface area contributed by atoms with Gasteiger partial charge in [-0.1, -0.05) is 18.5 Å². The maximum absolute atomic E-state index is 11.4. The van der Waals surface area contributed by atoms with Crippen LogP contribution in [-0.2, 0) is 11.2 Å². The third kappa shape index (κ3) is 2.79. The molecule has 0 aliphatic rings. The van der Waals surface area contributed by atoms with E-state index in [9.17, 15) is 9.90 Å². The number of Topliss-reactive ketones (excluding diaryl/α,β-unsaturated/α-hetero) is 1. The van der Waals surface area contributed by atoms with Crippen LogP contribution in [0.2, 0.25) is 5.02 Å². The summed E-state index contributed by atoms with van der Waals surface area (Å²) in [6.45, 7) is 1.76. The van der Waals surface area contributed by atoms with Crippen LogP contribution in [-0.4, -0.2) is 22.0 Å². The van der Waals surface area contributed by atoms with Crippen molar-refractivity contribution < 1.29 is 9.90 Å². The van der Waals surface area contributed by atoms with Crippen LogP contribution in [0, 0.1) is 0 Å². The molecule has 76 valence electrons. The molecule has 0 saturated heterocycles. The Morgan fingerprint density at radius 2 is 2.43 bits per heavy atom. The molecule has 0 saturated carbocycles. The monoisotopic (exact) mass is 213 g/mol. The molecule has 0 fully saturated rings. The summed E-state index contributed by atoms with van der Waals surface area (Å²) in [6.07, 6.45) is 2.77. The van der Waals surface area contributed by atoms with Crippen molar-refractivity contribution in [2.45, 2.75) is 25.9 Å². The SMILES string of the molecule is CCC(O)C(=O)Cc1ccncc1Cl. The van der Waals surface area contributed by atoms with Gasteiger partial charge in [-0.3, -0.25) is 9.78 Å². The van der Waals surface area contributed by atoms with E-state index in [0.29, 0.717) is 17.0 Å². The summed E-state index contributed by atoms with van der Waals surface area (Å²) in [6, 6.07) is 1.68. The zero-order valence-corrected chi connectivity index (χ0v) is 8.66. The number of rotatable bonds is 4. The Hall–Kier alpha value is -0.930. The summed E-state index contributed by atoms with van der Waals surface area (Å²) < 4.78 is 0. The van der Waals surface area contributed by atoms with Gasteiger partial charge in [-0.15, -0.1) is 0 Å². The number of carbonyl (C=O) groups excluding carboxylic acids is 1. The maximum Gasteiger partial charge on any atom is 0.165 e. The van der Waals surface area contributed by atoms with Gasteiger partial charge in [0.05, 0.1) is 5.02 Å². The van der Waals surface area contributed by atoms with Crippen LogP contribution < -0.4 is 0 Å². The molecular formula is C10H12ClNO2. The lowest BCUT2D eigenvalue weighted by Crippen LogP contribution is -2.21. The molecular weight excluding hydrogens is 202 g/mol. The molecule has 4 heteroatoms. The molecule has 1 rings (SSSR count). The van der Waals surface area contributed by atoms with Crippen molar-refractivity contribution in [3.63, 3.8) is 0 Å². The second-order valence-electron chi connectivity index (χ2n) is 3.03. The van der Waals surface area contributed by atoms with Crippen LogP contribution in [0.25, 0.3) is 0 Å². The van der Waals surface area contributed by atoms with Gasteiger partial charge in [0.1, 0.15) is 6.10 Å². The molecule has 0 aliphatic heterocycles. The number of aliphatic hydroxyl groups excluding tert-OH is 1. The van der Waals surface area contributed by atoms with Crippen molar-refractivity contribution in [2.24, 2.45) is 0 Å². The van der Waals surface area contributed by atoms with Crippen molar-refractivity contribution in [1.82, 2.24) is 4.98 Å². The molecule has 0 aromatic carbocycles. The Morgan fingerprint density at radius 1 is 1.71 bits per heavy atom. The lowest BCUT2D eigenvalue weighted by Gasteiger charge is -2.07. The first-order valence-corrected chi connectivity index (χ1v) is 4.82. The highest BCUT2D eigenvalue weighted by Crippen LogP contribution is 2.14. The van der Waals surface area contributed by atoms with Crippen molar-refractivity contribution in [3.8, 4) is 0 Å². The van der Waals surface area contributed by atoms with E-state index in [-0.39, 0.29) is 12.2 Å². The normalized spacial score (nSPS) is 12.5. The van der Waals surface area contributed by atoms with E-state index in [4.69, 9.17) is 11.6 Å². The van der Waals surface area contributed by atoms with E-state index < -0.39 is 6.10 Å². The number of carbonyl (C=O) groups is 1. The van der Waals surface area contributed by atoms with Gasteiger partial charge in [0.15, 0.2) is 5.78 Å². The smallest absolute Gasteiger partial charge is 0.165 e. The molecule has 1 aromatic heterocycles. The van der Waals surface area contributed by atoms with Gasteiger partial charge in [0, 0.05) is 18.8 Å². The Kier molecular flexibility index (Phi) is 4.04. The predicted octanol–water partition coefficient (Wildman–Crippen LogP) is 1.62. The van der Waals surface area contributed by atoms with Crippen LogP contribution in [0.15, 0.2) is 18.5 Å². The lowest BCUT2D eigenvalue weighted by molar-refractivity contribution is -0.126. The fraction of sp³-hybridized carbons (Fsp3) is 0.400. The summed E-state index contributed by atoms with van der Waals surface area (Å²) >= 11 is 5.82. The number of hydrogen-bond donors (Lipinski definition) is 1. The van der Waals surface area contributed by atoms with Crippen LogP contribution in [0.4, 0.5) is 0 Å². The zero-order chi connectivity index (χ0) is 10.6. The van der Waals surface area contributed by atoms with Gasteiger partial charge in [-0.2, -0.15) is 0 Å². The standard InChI is InChI=1S/C10H12ClNO2/c1-2-9(13)10(14)5-7-3-4-12-6-8(7)11/h3-4,6,9,13H,2,5H2,1H3. The van der Waals surface area contributed by atoms with Crippen molar-refractivity contribution in [2.75, 3.05) is 0 Å². The third-order valence-electron chi connectivity index (χ3n) is 1.98. The van der Waals surface area contributed by atoms with E-state index >= 15 is 0 Å². The molecule has 1 atom stereocenters. The summed E-state index contributed by atoms with van der Waals surface area (Å²) in [4.78, 5) is 15.2. The van der Waals surface area contributed by atoms with Gasteiger partial charge in [0.25, 0.3) is 0 Å². The van der Waals surface area contributed by atoms with Gasteiger partial charge < -0.3 is 5.11 Å². The zero-order valence-electron chi connectivity index (χ0n) is 7.90. The molecule has 14 heavy (non-hydrogen) atoms. The number of halogens is 1. The first kappa shape index (κ1) is 11.1. The topological polar surface area (TPSA) is 50.2 Å². The van der Waals surface area contributed by atoms with E-state index in [1.165, 1.54) is 6.20 Å². The van der Waals surface area contributed by atoms with E-state index in [0.717, 1.165) is 0 Å². The number of aliphatic hydroxyl groups is 1. The van der Waals surface area contributed by atoms with Crippen LogP contribution in [0.3, 0.4) is 0 Å². The molecule has 1 aromatic rings. The highest BCUT2D eigenvalue weighted by molar-refractivity contribution is 6.31. The maximum atomic E-state index is 11.4. The number of hydrogen-bond acceptors (Lipinski definition) is 3. The van der Waals surface area contributed by atoms with Gasteiger partial charge in [-0.25, -0.2) is 0 Å². The highest BCUT2D eigenvalue weighted by atomic mass is 35.5. The molecule has 0 radical (unpaired) electrons. The molecule has 0 aliphatic carbocycles. The molecule has 0 amide bonds. The van der Waals surface area contributed by atoms with E-state index in [1.54, 1.807) is 19.2 Å². The van der Waals surface area contributed by atoms with Crippen LogP contribution >= 0.6 is 11.6 Å². The molecule has 3 nitrogen and oxygen atoms in total. The summed E-state index contributed by atoms with van der Waals surface area (Å²) in [5, 5.41) is 9.73. The number of aromatic nitrogens is 1.